The number of halogens is 5. The van der Waals surface area contributed by atoms with E-state index in [1.807, 2.05) is 176 Å². The van der Waals surface area contributed by atoms with E-state index in [4.69, 9.17) is 11.6 Å². The van der Waals surface area contributed by atoms with E-state index in [1.165, 1.54) is 92.1 Å². The quantitative estimate of drug-likeness (QED) is 0.0936. The van der Waals surface area contributed by atoms with Crippen LogP contribution < -0.4 is 0 Å². The van der Waals surface area contributed by atoms with E-state index in [9.17, 15) is 17.6 Å². The van der Waals surface area contributed by atoms with Crippen molar-refractivity contribution < 1.29 is 17.6 Å². The lowest BCUT2D eigenvalue weighted by Crippen LogP contribution is -2.00. The van der Waals surface area contributed by atoms with Crippen molar-refractivity contribution in [1.29, 1.82) is 0 Å². The van der Waals surface area contributed by atoms with Gasteiger partial charge in [-0.05, 0) is 205 Å². The van der Waals surface area contributed by atoms with Crippen molar-refractivity contribution in [2.45, 2.75) is 257 Å². The Morgan fingerprint density at radius 2 is 0.837 bits per heavy atom. The Morgan fingerprint density at radius 1 is 0.326 bits per heavy atom. The summed E-state index contributed by atoms with van der Waals surface area (Å²) in [5.74, 6) is 4.15. The number of alkyl halides is 3. The molecule has 0 N–H and O–H groups in total. The summed E-state index contributed by atoms with van der Waals surface area (Å²) in [4.78, 5) is 38.1. The second kappa shape index (κ2) is 47.1. The summed E-state index contributed by atoms with van der Waals surface area (Å²) >= 11 is 5.99. The molecule has 0 aliphatic rings. The summed E-state index contributed by atoms with van der Waals surface area (Å²) in [5, 5.41) is 15.9. The standard InChI is InChI=1S/C12H14F2N2.2C12H15FN2.C12H16N2.C12H13N.C11H14N2.C10H11ClN2.C10H12N2.2C9H11N3/c1-7(2)10-6-15-12-11(14)9(8(3)13)4-5-16(10)12;1-8(2)11-7-14-12-6-10(9(3)13)4-5-15(11)12;1-8(2)11-7-14-12-10(9(3)13)5-4-6-15(11)12;1-4-10-6-5-7-14-11(9(2)3)8-13-12(10)14;1-9(2)11-5-3-4-10-8-13-7-6-12(10)11;1-8(2)10-6-12-13-7-9(3)4-5-11(10)13;1-7(2)9-6-12-10-8(11)4-3-5-13(9)10;1-8(2)9-5-6-11-12-7-3-4-10(9)12;1-7(2)8-5-10-6-12-4-3-11-9(8)12;1-7(2)8-3-4-11-12-6-5-10-9(8)12/h4-8H,1-3H3;2*4-9H,1-3H3;5-9H,4H2,1-3H3;3-9H,1-2H3;4-8H,1-3H3;3-7H,1-2H3;3-8H,1-2H3;2*3-7H,1-2H3. The van der Waals surface area contributed by atoms with E-state index >= 15 is 0 Å². The van der Waals surface area contributed by atoms with E-state index in [0.29, 0.717) is 69.4 Å². The lowest BCUT2D eigenvalue weighted by molar-refractivity contribution is 0.361. The Labute approximate surface area is 795 Å². The Kier molecular flexibility index (Phi) is 35.6. The van der Waals surface area contributed by atoms with Gasteiger partial charge in [-0.25, -0.2) is 71.0 Å². The summed E-state index contributed by atoms with van der Waals surface area (Å²) < 4.78 is 70.9. The van der Waals surface area contributed by atoms with E-state index < -0.39 is 24.3 Å². The van der Waals surface area contributed by atoms with Gasteiger partial charge in [-0.2, -0.15) is 15.3 Å². The van der Waals surface area contributed by atoms with Crippen LogP contribution in [-0.2, 0) is 6.42 Å². The molecule has 135 heavy (non-hydrogen) atoms. The second-order valence-corrected chi connectivity index (χ2v) is 37.2. The Bertz CT molecular complexity index is 6970. The first-order chi connectivity index (χ1) is 64.5. The van der Waals surface area contributed by atoms with Gasteiger partial charge in [-0.1, -0.05) is 193 Å². The highest BCUT2D eigenvalue weighted by Gasteiger charge is 2.20. The van der Waals surface area contributed by atoms with Gasteiger partial charge >= 0.3 is 0 Å². The number of aryl methyl sites for hydroxylation is 2. The molecule has 3 atom stereocenters. The number of pyridine rings is 7. The number of hydrogen-bond donors (Lipinski definition) is 0. The maximum absolute atomic E-state index is 13.9. The molecule has 0 aliphatic carbocycles. The van der Waals surface area contributed by atoms with Crippen LogP contribution in [-0.4, -0.2) is 100 Å². The lowest BCUT2D eigenvalue weighted by Gasteiger charge is -2.08. The van der Waals surface area contributed by atoms with Crippen molar-refractivity contribution in [1.82, 2.24) is 100 Å². The summed E-state index contributed by atoms with van der Waals surface area (Å²) in [6.45, 7) is 51.6. The van der Waals surface area contributed by atoms with E-state index in [2.05, 4.69) is 276 Å². The third kappa shape index (κ3) is 25.0. The van der Waals surface area contributed by atoms with Crippen LogP contribution in [0.2, 0.25) is 5.02 Å². The monoisotopic (exact) mass is 1850 g/mol. The predicted molar refractivity (Wildman–Crippen MR) is 543 cm³/mol. The van der Waals surface area contributed by atoms with Crippen LogP contribution in [0.25, 0.3) is 61.3 Å². The molecule has 0 amide bonds. The molecule has 0 saturated heterocycles. The fourth-order valence-corrected chi connectivity index (χ4v) is 15.9. The van der Waals surface area contributed by atoms with Crippen LogP contribution in [0.1, 0.15) is 328 Å². The summed E-state index contributed by atoms with van der Waals surface area (Å²) in [6, 6.07) is 37.7. The maximum atomic E-state index is 13.9. The second-order valence-electron chi connectivity index (χ2n) is 36.8. The van der Waals surface area contributed by atoms with Crippen LogP contribution in [0, 0.1) is 12.7 Å². The molecule has 0 bridgehead atoms. The van der Waals surface area contributed by atoms with Crippen LogP contribution in [0.5, 0.6) is 0 Å². The third-order valence-corrected chi connectivity index (χ3v) is 23.6. The fraction of sp³-hybridized carbons (Fsp3) is 0.358. The molecular formula is C109H132ClF4N21. The minimum absolute atomic E-state index is 0.0633. The average Bonchev–Trinajstić information content (AvgIpc) is 1.75. The Balaban J connectivity index is 0.000000144. The molecule has 3 unspecified atom stereocenters. The minimum atomic E-state index is -1.32. The number of fused-ring (bicyclic) bond motifs is 10. The number of nitrogens with zero attached hydrogens (tertiary/aromatic N) is 21. The topological polar surface area (TPSA) is 194 Å². The van der Waals surface area contributed by atoms with Crippen molar-refractivity contribution in [2.75, 3.05) is 0 Å². The van der Waals surface area contributed by atoms with Gasteiger partial charge in [0.15, 0.2) is 22.8 Å². The maximum Gasteiger partial charge on any atom is 0.173 e. The van der Waals surface area contributed by atoms with E-state index in [-0.39, 0.29) is 17.1 Å². The zero-order chi connectivity index (χ0) is 97.8. The van der Waals surface area contributed by atoms with Gasteiger partial charge < -0.3 is 22.0 Å². The van der Waals surface area contributed by atoms with Gasteiger partial charge in [-0.15, -0.1) is 0 Å². The molecule has 0 radical (unpaired) electrons. The zero-order valence-electron chi connectivity index (χ0n) is 82.7. The van der Waals surface area contributed by atoms with Gasteiger partial charge in [-0.3, -0.25) is 9.38 Å². The number of rotatable bonds is 14. The van der Waals surface area contributed by atoms with Crippen molar-refractivity contribution in [3.63, 3.8) is 0 Å². The normalized spacial score (nSPS) is 12.1. The van der Waals surface area contributed by atoms with Crippen LogP contribution in [0.3, 0.4) is 0 Å². The molecule has 19 heterocycles. The van der Waals surface area contributed by atoms with E-state index in [1.54, 1.807) is 59.1 Å². The van der Waals surface area contributed by atoms with Crippen molar-refractivity contribution in [2.24, 2.45) is 0 Å². The van der Waals surface area contributed by atoms with Gasteiger partial charge in [0.1, 0.15) is 47.4 Å². The Morgan fingerprint density at radius 3 is 1.44 bits per heavy atom. The van der Waals surface area contributed by atoms with Gasteiger partial charge in [0.25, 0.3) is 0 Å². The zero-order valence-corrected chi connectivity index (χ0v) is 83.5. The molecule has 0 fully saturated rings. The predicted octanol–water partition coefficient (Wildman–Crippen LogP) is 29.0. The highest BCUT2D eigenvalue weighted by atomic mass is 35.5. The van der Waals surface area contributed by atoms with Crippen molar-refractivity contribution in [3.05, 3.63) is 353 Å². The molecular weight excluding hydrogens is 1710 g/mol. The molecule has 708 valence electrons. The van der Waals surface area contributed by atoms with Crippen LogP contribution in [0.4, 0.5) is 17.6 Å². The molecule has 21 nitrogen and oxygen atoms in total. The van der Waals surface area contributed by atoms with Gasteiger partial charge in [0.05, 0.1) is 22.3 Å². The Hall–Kier alpha value is -13.3. The summed E-state index contributed by atoms with van der Waals surface area (Å²) in [7, 11) is 0. The molecule has 19 aromatic heterocycles. The number of aromatic nitrogens is 21. The molecule has 20 rings (SSSR count). The number of benzene rings is 1. The lowest BCUT2D eigenvalue weighted by atomic mass is 9.97. The SMILES string of the molecule is CC(C)c1cccc2cnccc12.CC(C)c1ccnn2cccc12.CC(C)c1ccnn2ccnc12.CC(C)c1cnc2c(C(C)F)cccn12.CC(C)c1cnc2c(Cl)cccn12.CC(C)c1cnc2c(F)c(C(C)F)ccn12.CC(C)c1cnc2cc(C(C)F)ccn12.CC(C)c1cncn2ccnc12.CCc1cccn2c(C(C)C)cnc12.Cc1ccc2c(C(C)C)cnn2c1. The summed E-state index contributed by atoms with van der Waals surface area (Å²) in [5.41, 5.74) is 24.3. The smallest absolute Gasteiger partial charge is 0.173 e. The van der Waals surface area contributed by atoms with Gasteiger partial charge in [0.2, 0.25) is 0 Å². The molecule has 26 heteroatoms. The minimum Gasteiger partial charge on any atom is -0.304 e. The summed E-state index contributed by atoms with van der Waals surface area (Å²) in [6.07, 6.45) is 41.0. The molecule has 0 aliphatic heterocycles. The first kappa shape index (κ1) is 102. The third-order valence-electron chi connectivity index (χ3n) is 23.3. The molecule has 20 aromatic rings. The van der Waals surface area contributed by atoms with Crippen LogP contribution >= 0.6 is 11.6 Å². The highest BCUT2D eigenvalue weighted by molar-refractivity contribution is 6.33. The molecule has 1 aromatic carbocycles. The first-order valence-corrected chi connectivity index (χ1v) is 47.2. The first-order valence-electron chi connectivity index (χ1n) is 46.8. The highest BCUT2D eigenvalue weighted by Crippen LogP contribution is 2.32. The van der Waals surface area contributed by atoms with E-state index in [0.717, 1.165) is 57.4 Å². The van der Waals surface area contributed by atoms with Crippen molar-refractivity contribution >= 4 is 72.9 Å². The number of hydrogen-bond acceptors (Lipinski definition) is 12. The number of imidazole rings is 7. The van der Waals surface area contributed by atoms with Crippen LogP contribution in [0.15, 0.2) is 258 Å². The molecule has 0 spiro atoms. The largest absolute Gasteiger partial charge is 0.304 e. The average molecular weight is 1850 g/mol. The fourth-order valence-electron chi connectivity index (χ4n) is 15.7. The van der Waals surface area contributed by atoms with Gasteiger partial charge in [0, 0.05) is 192 Å². The molecule has 0 saturated carbocycles. The van der Waals surface area contributed by atoms with Crippen molar-refractivity contribution in [3.8, 4) is 0 Å².